The number of aromatic nitrogens is 1. The van der Waals surface area contributed by atoms with Crippen LogP contribution in [0.25, 0.3) is 0 Å². The maximum absolute atomic E-state index is 13.6. The minimum absolute atomic E-state index is 0.00735. The highest BCUT2D eigenvalue weighted by Crippen LogP contribution is 2.28. The number of nitrogens with zero attached hydrogens (tertiary/aromatic N) is 2. The molecule has 6 heteroatoms. The van der Waals surface area contributed by atoms with E-state index < -0.39 is 17.2 Å². The molecule has 1 atom stereocenters. The van der Waals surface area contributed by atoms with Gasteiger partial charge in [-0.1, -0.05) is 0 Å². The van der Waals surface area contributed by atoms with Gasteiger partial charge in [-0.05, 0) is 13.3 Å². The Kier molecular flexibility index (Phi) is 2.91. The first kappa shape index (κ1) is 12.0. The molecule has 0 saturated carbocycles. The fraction of sp³-hybridized carbons (Fsp3) is 0.545. The summed E-state index contributed by atoms with van der Waals surface area (Å²) < 4.78 is 26.9. The number of anilines is 2. The van der Waals surface area contributed by atoms with Gasteiger partial charge in [0.05, 0.1) is 5.60 Å². The van der Waals surface area contributed by atoms with Gasteiger partial charge in [0.15, 0.2) is 23.3 Å². The third-order valence-electron chi connectivity index (χ3n) is 2.90. The Labute approximate surface area is 98.3 Å². The van der Waals surface area contributed by atoms with Gasteiger partial charge in [0.1, 0.15) is 0 Å². The van der Waals surface area contributed by atoms with Gasteiger partial charge in [0, 0.05) is 26.2 Å². The Morgan fingerprint density at radius 1 is 1.47 bits per heavy atom. The first-order chi connectivity index (χ1) is 7.93. The SMILES string of the molecule is CNc1nc(N2CCC(C)(O)C2)c(F)cc1F. The molecule has 1 saturated heterocycles. The Bertz CT molecular complexity index is 437. The molecule has 1 aromatic heterocycles. The summed E-state index contributed by atoms with van der Waals surface area (Å²) in [6, 6.07) is 0.807. The third-order valence-corrected chi connectivity index (χ3v) is 2.90. The number of rotatable bonds is 2. The summed E-state index contributed by atoms with van der Waals surface area (Å²) in [5.41, 5.74) is -0.845. The van der Waals surface area contributed by atoms with Crippen LogP contribution in [0.5, 0.6) is 0 Å². The third kappa shape index (κ3) is 2.31. The van der Waals surface area contributed by atoms with Crippen molar-refractivity contribution in [3.63, 3.8) is 0 Å². The average molecular weight is 243 g/mol. The van der Waals surface area contributed by atoms with Gasteiger partial charge in [-0.2, -0.15) is 0 Å². The lowest BCUT2D eigenvalue weighted by molar-refractivity contribution is 0.0838. The highest BCUT2D eigenvalue weighted by Gasteiger charge is 2.33. The number of halogens is 2. The zero-order valence-electron chi connectivity index (χ0n) is 9.80. The van der Waals surface area contributed by atoms with Crippen molar-refractivity contribution < 1.29 is 13.9 Å². The van der Waals surface area contributed by atoms with E-state index >= 15 is 0 Å². The molecule has 2 heterocycles. The molecule has 1 fully saturated rings. The minimum Gasteiger partial charge on any atom is -0.388 e. The van der Waals surface area contributed by atoms with Crippen molar-refractivity contribution in [3.8, 4) is 0 Å². The lowest BCUT2D eigenvalue weighted by Crippen LogP contribution is -2.30. The summed E-state index contributed by atoms with van der Waals surface area (Å²) in [6.45, 7) is 2.49. The predicted molar refractivity (Wildman–Crippen MR) is 61.2 cm³/mol. The average Bonchev–Trinajstić information content (AvgIpc) is 2.59. The monoisotopic (exact) mass is 243 g/mol. The molecule has 1 aromatic rings. The molecule has 0 amide bonds. The van der Waals surface area contributed by atoms with E-state index in [4.69, 9.17) is 0 Å². The molecule has 0 bridgehead atoms. The first-order valence-corrected chi connectivity index (χ1v) is 5.44. The van der Waals surface area contributed by atoms with Gasteiger partial charge in [-0.15, -0.1) is 0 Å². The number of pyridine rings is 1. The van der Waals surface area contributed by atoms with Crippen LogP contribution in [0.1, 0.15) is 13.3 Å². The molecule has 94 valence electrons. The minimum atomic E-state index is -0.845. The molecule has 4 nitrogen and oxygen atoms in total. The molecule has 0 aromatic carbocycles. The Morgan fingerprint density at radius 2 is 2.18 bits per heavy atom. The van der Waals surface area contributed by atoms with Crippen molar-refractivity contribution in [1.82, 2.24) is 4.98 Å². The van der Waals surface area contributed by atoms with Gasteiger partial charge in [0.2, 0.25) is 0 Å². The second-order valence-corrected chi connectivity index (χ2v) is 4.54. The van der Waals surface area contributed by atoms with Crippen LogP contribution in [-0.2, 0) is 0 Å². The Balaban J connectivity index is 2.33. The largest absolute Gasteiger partial charge is 0.388 e. The zero-order valence-corrected chi connectivity index (χ0v) is 9.80. The second-order valence-electron chi connectivity index (χ2n) is 4.54. The van der Waals surface area contributed by atoms with Gasteiger partial charge in [-0.25, -0.2) is 13.8 Å². The van der Waals surface area contributed by atoms with E-state index in [1.54, 1.807) is 11.8 Å². The molecule has 17 heavy (non-hydrogen) atoms. The maximum Gasteiger partial charge on any atom is 0.168 e. The van der Waals surface area contributed by atoms with Crippen molar-refractivity contribution in [2.45, 2.75) is 18.9 Å². The summed E-state index contributed by atoms with van der Waals surface area (Å²) in [7, 11) is 1.52. The normalized spacial score (nSPS) is 24.2. The molecule has 2 rings (SSSR count). The van der Waals surface area contributed by atoms with E-state index in [-0.39, 0.29) is 11.6 Å². The lowest BCUT2D eigenvalue weighted by Gasteiger charge is -2.20. The molecule has 1 unspecified atom stereocenters. The Morgan fingerprint density at radius 3 is 2.71 bits per heavy atom. The van der Waals surface area contributed by atoms with E-state index in [0.29, 0.717) is 19.5 Å². The zero-order chi connectivity index (χ0) is 12.6. The summed E-state index contributed by atoms with van der Waals surface area (Å²) in [4.78, 5) is 5.51. The standard InChI is InChI=1S/C11H15F2N3O/c1-11(17)3-4-16(6-11)10-8(13)5-7(12)9(14-2)15-10/h5,17H,3-4,6H2,1-2H3,(H,14,15). The Hall–Kier alpha value is -1.43. The van der Waals surface area contributed by atoms with E-state index in [9.17, 15) is 13.9 Å². The summed E-state index contributed by atoms with van der Waals surface area (Å²) >= 11 is 0. The molecule has 1 aliphatic rings. The number of nitrogens with one attached hydrogen (secondary N) is 1. The van der Waals surface area contributed by atoms with Crippen LogP contribution in [0, 0.1) is 11.6 Å². The number of hydrogen-bond donors (Lipinski definition) is 2. The van der Waals surface area contributed by atoms with Crippen molar-refractivity contribution >= 4 is 11.6 Å². The fourth-order valence-corrected chi connectivity index (χ4v) is 1.98. The van der Waals surface area contributed by atoms with Crippen molar-refractivity contribution in [2.24, 2.45) is 0 Å². The lowest BCUT2D eigenvalue weighted by atomic mass is 10.1. The van der Waals surface area contributed by atoms with E-state index in [1.165, 1.54) is 7.05 Å². The molecule has 0 aliphatic carbocycles. The van der Waals surface area contributed by atoms with Crippen LogP contribution >= 0.6 is 0 Å². The maximum atomic E-state index is 13.6. The summed E-state index contributed by atoms with van der Waals surface area (Å²) in [6.07, 6.45) is 0.542. The van der Waals surface area contributed by atoms with E-state index in [0.717, 1.165) is 6.07 Å². The number of β-amino-alcohol motifs (C(OH)–C–C–N with tert-alkyl or cyclic N) is 1. The fourth-order valence-electron chi connectivity index (χ4n) is 1.98. The highest BCUT2D eigenvalue weighted by atomic mass is 19.1. The number of hydrogen-bond acceptors (Lipinski definition) is 4. The van der Waals surface area contributed by atoms with E-state index in [1.807, 2.05) is 0 Å². The van der Waals surface area contributed by atoms with Crippen LogP contribution in [0.3, 0.4) is 0 Å². The smallest absolute Gasteiger partial charge is 0.168 e. The van der Waals surface area contributed by atoms with Gasteiger partial charge in [-0.3, -0.25) is 0 Å². The van der Waals surface area contributed by atoms with Crippen molar-refractivity contribution in [3.05, 3.63) is 17.7 Å². The number of aliphatic hydroxyl groups is 1. The molecule has 1 aliphatic heterocycles. The molecule has 0 radical (unpaired) electrons. The van der Waals surface area contributed by atoms with Crippen LogP contribution in [0.15, 0.2) is 6.07 Å². The van der Waals surface area contributed by atoms with Crippen LogP contribution < -0.4 is 10.2 Å². The van der Waals surface area contributed by atoms with Crippen LogP contribution in [0.4, 0.5) is 20.4 Å². The molecular weight excluding hydrogens is 228 g/mol. The van der Waals surface area contributed by atoms with Gasteiger partial charge >= 0.3 is 0 Å². The van der Waals surface area contributed by atoms with Crippen molar-refractivity contribution in [2.75, 3.05) is 30.4 Å². The molecule has 2 N–H and O–H groups in total. The quantitative estimate of drug-likeness (QED) is 0.823. The van der Waals surface area contributed by atoms with Crippen LogP contribution in [0.2, 0.25) is 0 Å². The molecule has 0 spiro atoms. The first-order valence-electron chi connectivity index (χ1n) is 5.44. The van der Waals surface area contributed by atoms with Crippen LogP contribution in [-0.4, -0.2) is 35.8 Å². The second kappa shape index (κ2) is 4.10. The topological polar surface area (TPSA) is 48.4 Å². The van der Waals surface area contributed by atoms with Gasteiger partial charge < -0.3 is 15.3 Å². The van der Waals surface area contributed by atoms with E-state index in [2.05, 4.69) is 10.3 Å². The molecular formula is C11H15F2N3O. The predicted octanol–water partition coefficient (Wildman–Crippen LogP) is 1.36. The highest BCUT2D eigenvalue weighted by molar-refractivity contribution is 5.50. The van der Waals surface area contributed by atoms with Crippen molar-refractivity contribution in [1.29, 1.82) is 0 Å². The summed E-state index contributed by atoms with van der Waals surface area (Å²) in [5.74, 6) is -1.35. The summed E-state index contributed by atoms with van der Waals surface area (Å²) in [5, 5.41) is 12.4. The van der Waals surface area contributed by atoms with Gasteiger partial charge in [0.25, 0.3) is 0 Å².